The third-order valence-corrected chi connectivity index (χ3v) is 5.01. The van der Waals surface area contributed by atoms with Gasteiger partial charge in [0, 0.05) is 30.6 Å². The summed E-state index contributed by atoms with van der Waals surface area (Å²) in [5.74, 6) is 0. The molecule has 0 atom stereocenters. The van der Waals surface area contributed by atoms with Crippen molar-refractivity contribution in [3.05, 3.63) is 18.2 Å². The van der Waals surface area contributed by atoms with Crippen molar-refractivity contribution in [3.8, 4) is 0 Å². The number of nitrogens with zero attached hydrogens (tertiary/aromatic N) is 2. The van der Waals surface area contributed by atoms with Gasteiger partial charge < -0.3 is 9.88 Å². The molecule has 1 heterocycles. The Balaban J connectivity index is 1.79. The van der Waals surface area contributed by atoms with Crippen LogP contribution in [0, 0.1) is 0 Å². The van der Waals surface area contributed by atoms with Gasteiger partial charge >= 0.3 is 0 Å². The lowest BCUT2D eigenvalue weighted by Gasteiger charge is -2.40. The number of hydrogen-bond donors (Lipinski definition) is 1. The molecule has 1 aliphatic rings. The minimum Gasteiger partial charge on any atom is -0.334 e. The molecule has 1 aromatic rings. The molecule has 0 spiro atoms. The third-order valence-electron chi connectivity index (χ3n) is 3.59. The van der Waals surface area contributed by atoms with E-state index in [0.717, 1.165) is 19.6 Å². The summed E-state index contributed by atoms with van der Waals surface area (Å²) in [6, 6.07) is 0. The van der Waals surface area contributed by atoms with Crippen molar-refractivity contribution in [3.63, 3.8) is 0 Å². The molecule has 1 aliphatic carbocycles. The summed E-state index contributed by atoms with van der Waals surface area (Å²) < 4.78 is 2.72. The summed E-state index contributed by atoms with van der Waals surface area (Å²) in [7, 11) is 0. The standard InChI is InChI=1S/C12H21N3S/c1-3-15-10-14-8-11(15)7-13-9-12(16-2)5-4-6-12/h8,10,13H,3-7,9H2,1-2H3. The van der Waals surface area contributed by atoms with Gasteiger partial charge in [0.25, 0.3) is 0 Å². The molecule has 2 rings (SSSR count). The van der Waals surface area contributed by atoms with Crippen LogP contribution in [0.5, 0.6) is 0 Å². The molecule has 1 aromatic heterocycles. The van der Waals surface area contributed by atoms with E-state index in [1.807, 2.05) is 24.3 Å². The molecule has 1 saturated carbocycles. The van der Waals surface area contributed by atoms with Gasteiger partial charge in [-0.05, 0) is 26.0 Å². The first kappa shape index (κ1) is 12.0. The van der Waals surface area contributed by atoms with Crippen molar-refractivity contribution < 1.29 is 0 Å². The average Bonchev–Trinajstić information content (AvgIpc) is 2.69. The molecule has 1 N–H and O–H groups in total. The number of aryl methyl sites for hydroxylation is 1. The third kappa shape index (κ3) is 2.43. The number of aromatic nitrogens is 2. The van der Waals surface area contributed by atoms with E-state index in [2.05, 4.69) is 28.0 Å². The van der Waals surface area contributed by atoms with Crippen LogP contribution in [0.4, 0.5) is 0 Å². The molecule has 0 unspecified atom stereocenters. The number of hydrogen-bond acceptors (Lipinski definition) is 3. The van der Waals surface area contributed by atoms with Crippen molar-refractivity contribution >= 4 is 11.8 Å². The van der Waals surface area contributed by atoms with Gasteiger partial charge in [-0.25, -0.2) is 4.98 Å². The largest absolute Gasteiger partial charge is 0.334 e. The molecule has 0 bridgehead atoms. The second kappa shape index (κ2) is 5.23. The Bertz CT molecular complexity index is 325. The van der Waals surface area contributed by atoms with Gasteiger partial charge in [-0.2, -0.15) is 11.8 Å². The van der Waals surface area contributed by atoms with E-state index in [-0.39, 0.29) is 0 Å². The van der Waals surface area contributed by atoms with Gasteiger partial charge in [0.15, 0.2) is 0 Å². The van der Waals surface area contributed by atoms with Gasteiger partial charge in [0.2, 0.25) is 0 Å². The molecule has 3 nitrogen and oxygen atoms in total. The highest BCUT2D eigenvalue weighted by atomic mass is 32.2. The lowest BCUT2D eigenvalue weighted by molar-refractivity contribution is 0.344. The van der Waals surface area contributed by atoms with E-state index in [4.69, 9.17) is 0 Å². The minimum absolute atomic E-state index is 0.525. The molecular weight excluding hydrogens is 218 g/mol. The maximum Gasteiger partial charge on any atom is 0.0948 e. The number of rotatable bonds is 6. The fraction of sp³-hybridized carbons (Fsp3) is 0.750. The van der Waals surface area contributed by atoms with Crippen molar-refractivity contribution in [1.82, 2.24) is 14.9 Å². The van der Waals surface area contributed by atoms with Gasteiger partial charge in [-0.15, -0.1) is 0 Å². The minimum atomic E-state index is 0.525. The van der Waals surface area contributed by atoms with Crippen LogP contribution in [0.1, 0.15) is 31.9 Å². The summed E-state index contributed by atoms with van der Waals surface area (Å²) in [4.78, 5) is 4.18. The maximum absolute atomic E-state index is 4.18. The van der Waals surface area contributed by atoms with Crippen molar-refractivity contribution in [2.45, 2.75) is 44.0 Å². The van der Waals surface area contributed by atoms with E-state index in [1.54, 1.807) is 0 Å². The molecule has 0 radical (unpaired) electrons. The molecule has 1 fully saturated rings. The monoisotopic (exact) mass is 239 g/mol. The summed E-state index contributed by atoms with van der Waals surface area (Å²) in [5.41, 5.74) is 1.29. The Kier molecular flexibility index (Phi) is 3.92. The summed E-state index contributed by atoms with van der Waals surface area (Å²) in [6.07, 6.45) is 10.2. The first-order chi connectivity index (χ1) is 7.79. The molecule has 0 amide bonds. The fourth-order valence-electron chi connectivity index (χ4n) is 2.22. The van der Waals surface area contributed by atoms with Crippen LogP contribution in [-0.4, -0.2) is 27.1 Å². The molecule has 4 heteroatoms. The van der Waals surface area contributed by atoms with Crippen LogP contribution >= 0.6 is 11.8 Å². The summed E-state index contributed by atoms with van der Waals surface area (Å²) in [5, 5.41) is 3.57. The first-order valence-electron chi connectivity index (χ1n) is 6.04. The van der Waals surface area contributed by atoms with Crippen molar-refractivity contribution in [2.75, 3.05) is 12.8 Å². The summed E-state index contributed by atoms with van der Waals surface area (Å²) in [6.45, 7) is 5.23. The smallest absolute Gasteiger partial charge is 0.0948 e. The predicted octanol–water partition coefficient (Wildman–Crippen LogP) is 2.28. The Hall–Kier alpha value is -0.480. The van der Waals surface area contributed by atoms with Gasteiger partial charge in [-0.1, -0.05) is 6.42 Å². The second-order valence-electron chi connectivity index (χ2n) is 4.52. The van der Waals surface area contributed by atoms with E-state index in [1.165, 1.54) is 25.0 Å². The van der Waals surface area contributed by atoms with Crippen LogP contribution in [0.2, 0.25) is 0 Å². The highest BCUT2D eigenvalue weighted by Gasteiger charge is 2.35. The molecule has 16 heavy (non-hydrogen) atoms. The predicted molar refractivity (Wildman–Crippen MR) is 69.7 cm³/mol. The second-order valence-corrected chi connectivity index (χ2v) is 5.79. The van der Waals surface area contributed by atoms with Gasteiger partial charge in [0.05, 0.1) is 12.0 Å². The topological polar surface area (TPSA) is 29.9 Å². The molecule has 0 saturated heterocycles. The van der Waals surface area contributed by atoms with E-state index >= 15 is 0 Å². The van der Waals surface area contributed by atoms with Crippen LogP contribution in [0.3, 0.4) is 0 Å². The van der Waals surface area contributed by atoms with Crippen molar-refractivity contribution in [1.29, 1.82) is 0 Å². The molecular formula is C12H21N3S. The Morgan fingerprint density at radius 2 is 2.38 bits per heavy atom. The number of thioether (sulfide) groups is 1. The van der Waals surface area contributed by atoms with Gasteiger partial charge in [-0.3, -0.25) is 0 Å². The number of imidazole rings is 1. The molecule has 0 aromatic carbocycles. The van der Waals surface area contributed by atoms with Crippen molar-refractivity contribution in [2.24, 2.45) is 0 Å². The Labute approximate surface area is 102 Å². The molecule has 0 aliphatic heterocycles. The lowest BCUT2D eigenvalue weighted by Crippen LogP contribution is -2.43. The quantitative estimate of drug-likeness (QED) is 0.826. The van der Waals surface area contributed by atoms with Crippen LogP contribution in [-0.2, 0) is 13.1 Å². The van der Waals surface area contributed by atoms with Gasteiger partial charge in [0.1, 0.15) is 0 Å². The highest BCUT2D eigenvalue weighted by molar-refractivity contribution is 8.00. The Morgan fingerprint density at radius 1 is 1.56 bits per heavy atom. The van der Waals surface area contributed by atoms with E-state index < -0.39 is 0 Å². The zero-order valence-corrected chi connectivity index (χ0v) is 11.0. The average molecular weight is 239 g/mol. The first-order valence-corrected chi connectivity index (χ1v) is 7.27. The zero-order chi connectivity index (χ0) is 11.4. The van der Waals surface area contributed by atoms with Crippen LogP contribution in [0.15, 0.2) is 12.5 Å². The highest BCUT2D eigenvalue weighted by Crippen LogP contribution is 2.42. The fourth-order valence-corrected chi connectivity index (χ4v) is 3.17. The summed E-state index contributed by atoms with van der Waals surface area (Å²) >= 11 is 2.02. The van der Waals surface area contributed by atoms with E-state index in [9.17, 15) is 0 Å². The zero-order valence-electron chi connectivity index (χ0n) is 10.2. The van der Waals surface area contributed by atoms with Crippen LogP contribution in [0.25, 0.3) is 0 Å². The maximum atomic E-state index is 4.18. The Morgan fingerprint density at radius 3 is 2.94 bits per heavy atom. The SMILES string of the molecule is CCn1cncc1CNCC1(SC)CCC1. The normalized spacial score (nSPS) is 18.4. The van der Waals surface area contributed by atoms with E-state index in [0.29, 0.717) is 4.75 Å². The van der Waals surface area contributed by atoms with Crippen LogP contribution < -0.4 is 5.32 Å². The molecule has 90 valence electrons. The number of nitrogens with one attached hydrogen (secondary N) is 1. The lowest BCUT2D eigenvalue weighted by atomic mass is 9.84.